The van der Waals surface area contributed by atoms with E-state index in [2.05, 4.69) is 16.6 Å². The highest BCUT2D eigenvalue weighted by Gasteiger charge is 2.30. The van der Waals surface area contributed by atoms with E-state index in [1.54, 1.807) is 18.2 Å². The molecule has 0 radical (unpaired) electrons. The summed E-state index contributed by atoms with van der Waals surface area (Å²) in [7, 11) is 1.38. The third-order valence-electron chi connectivity index (χ3n) is 4.47. The molecule has 0 saturated heterocycles. The Balaban J connectivity index is 0.000000186. The zero-order valence-electron chi connectivity index (χ0n) is 17.6. The fourth-order valence-electron chi connectivity index (χ4n) is 2.83. The second kappa shape index (κ2) is 10.9. The molecular weight excluding hydrogens is 451 g/mol. The van der Waals surface area contributed by atoms with Gasteiger partial charge in [-0.15, -0.1) is 0 Å². The summed E-state index contributed by atoms with van der Waals surface area (Å²) in [6.07, 6.45) is -2.52. The number of methoxy groups -OCH3 is 1. The van der Waals surface area contributed by atoms with E-state index in [9.17, 15) is 18.0 Å². The number of thioether (sulfide) groups is 1. The molecule has 8 heteroatoms. The summed E-state index contributed by atoms with van der Waals surface area (Å²) in [6, 6.07) is 18.1. The molecule has 0 bridgehead atoms. The van der Waals surface area contributed by atoms with Gasteiger partial charge in [0.15, 0.2) is 5.25 Å². The maximum absolute atomic E-state index is 12.5. The second-order valence-corrected chi connectivity index (χ2v) is 7.88. The third-order valence-corrected chi connectivity index (χ3v) is 5.63. The Morgan fingerprint density at radius 2 is 1.82 bits per heavy atom. The Hall–Kier alpha value is -3.41. The van der Waals surface area contributed by atoms with Crippen LogP contribution in [0.3, 0.4) is 0 Å². The minimum absolute atomic E-state index is 0.221. The minimum Gasteiger partial charge on any atom is -0.467 e. The standard InChI is InChI=1S/C13H10O2S.C12H10F3NO/c1-15-13(14)12-9-5-8-11(16-12)10-6-3-2-4-7-10;13-12(14,15)9-3-1-2-8(6-9)11-5-4-10(7-16)17-11/h2-4,6-8,12H,1H3;1-6H,7,16H2. The number of hydrogen-bond acceptors (Lipinski definition) is 5. The molecule has 0 aliphatic carbocycles. The molecule has 0 saturated carbocycles. The number of ether oxygens (including phenoxy) is 1. The Labute approximate surface area is 193 Å². The van der Waals surface area contributed by atoms with Crippen LogP contribution < -0.4 is 5.73 Å². The monoisotopic (exact) mass is 471 g/mol. The van der Waals surface area contributed by atoms with Gasteiger partial charge < -0.3 is 14.9 Å². The maximum atomic E-state index is 12.5. The molecule has 4 rings (SSSR count). The molecule has 0 amide bonds. The first-order chi connectivity index (χ1) is 15.8. The number of furan rings is 1. The lowest BCUT2D eigenvalue weighted by Crippen LogP contribution is -2.17. The van der Waals surface area contributed by atoms with E-state index >= 15 is 0 Å². The molecule has 2 heterocycles. The molecule has 1 unspecified atom stereocenters. The molecule has 170 valence electrons. The number of alkyl halides is 3. The van der Waals surface area contributed by atoms with Crippen LogP contribution in [-0.2, 0) is 22.3 Å². The van der Waals surface area contributed by atoms with Gasteiger partial charge in [0.05, 0.1) is 19.2 Å². The van der Waals surface area contributed by atoms with Crippen molar-refractivity contribution in [3.05, 3.63) is 89.7 Å². The van der Waals surface area contributed by atoms with Crippen LogP contribution in [0.2, 0.25) is 0 Å². The summed E-state index contributed by atoms with van der Waals surface area (Å²) < 4.78 is 47.5. The van der Waals surface area contributed by atoms with E-state index in [1.165, 1.54) is 24.9 Å². The molecule has 2 N–H and O–H groups in total. The molecule has 33 heavy (non-hydrogen) atoms. The van der Waals surface area contributed by atoms with E-state index < -0.39 is 17.0 Å². The van der Waals surface area contributed by atoms with E-state index in [0.29, 0.717) is 17.1 Å². The first kappa shape index (κ1) is 24.2. The van der Waals surface area contributed by atoms with Crippen molar-refractivity contribution < 1.29 is 27.1 Å². The van der Waals surface area contributed by atoms with Gasteiger partial charge in [0.1, 0.15) is 11.5 Å². The van der Waals surface area contributed by atoms with Gasteiger partial charge in [-0.1, -0.05) is 66.1 Å². The third kappa shape index (κ3) is 6.54. The van der Waals surface area contributed by atoms with Gasteiger partial charge in [-0.2, -0.15) is 13.2 Å². The number of allylic oxidation sites excluding steroid dienone is 1. The number of benzene rings is 2. The van der Waals surface area contributed by atoms with Gasteiger partial charge in [0, 0.05) is 16.5 Å². The van der Waals surface area contributed by atoms with Crippen molar-refractivity contribution in [2.75, 3.05) is 7.11 Å². The number of halogens is 3. The smallest absolute Gasteiger partial charge is 0.416 e. The lowest BCUT2D eigenvalue weighted by atomic mass is 10.1. The second-order valence-electron chi connectivity index (χ2n) is 6.73. The summed E-state index contributed by atoms with van der Waals surface area (Å²) in [6.45, 7) is 0.221. The van der Waals surface area contributed by atoms with Crippen molar-refractivity contribution in [2.45, 2.75) is 18.0 Å². The average molecular weight is 472 g/mol. The van der Waals surface area contributed by atoms with Crippen molar-refractivity contribution in [1.82, 2.24) is 0 Å². The van der Waals surface area contributed by atoms with Gasteiger partial charge in [0.25, 0.3) is 0 Å². The molecule has 4 nitrogen and oxygen atoms in total. The molecule has 1 aromatic heterocycles. The van der Waals surface area contributed by atoms with Crippen molar-refractivity contribution >= 4 is 22.6 Å². The van der Waals surface area contributed by atoms with Crippen LogP contribution in [0.4, 0.5) is 13.2 Å². The molecule has 1 atom stereocenters. The highest BCUT2D eigenvalue weighted by Crippen LogP contribution is 2.33. The van der Waals surface area contributed by atoms with Gasteiger partial charge in [-0.05, 0) is 29.8 Å². The highest BCUT2D eigenvalue weighted by molar-refractivity contribution is 8.09. The van der Waals surface area contributed by atoms with Crippen LogP contribution in [-0.4, -0.2) is 18.3 Å². The predicted octanol–water partition coefficient (Wildman–Crippen LogP) is 5.74. The number of nitrogens with two attached hydrogens (primary N) is 1. The van der Waals surface area contributed by atoms with Crippen molar-refractivity contribution in [1.29, 1.82) is 0 Å². The fraction of sp³-hybridized carbons (Fsp3) is 0.160. The zero-order valence-corrected chi connectivity index (χ0v) is 18.4. The van der Waals surface area contributed by atoms with Crippen LogP contribution in [0.25, 0.3) is 16.2 Å². The molecule has 1 aliphatic heterocycles. The minimum atomic E-state index is -4.35. The SMILES string of the molecule is COC(=O)C1C#CC=C(c2ccccc2)S1.NCc1ccc(-c2cccc(C(F)(F)F)c2)o1. The topological polar surface area (TPSA) is 65.5 Å². The number of hydrogen-bond donors (Lipinski definition) is 1. The van der Waals surface area contributed by atoms with Crippen molar-refractivity contribution in [3.8, 4) is 23.2 Å². The van der Waals surface area contributed by atoms with E-state index in [-0.39, 0.29) is 12.5 Å². The Morgan fingerprint density at radius 1 is 1.09 bits per heavy atom. The first-order valence-electron chi connectivity index (χ1n) is 9.79. The Kier molecular flexibility index (Phi) is 8.04. The van der Waals surface area contributed by atoms with E-state index in [1.807, 2.05) is 36.4 Å². The maximum Gasteiger partial charge on any atom is 0.416 e. The van der Waals surface area contributed by atoms with Gasteiger partial charge in [0.2, 0.25) is 0 Å². The molecule has 1 aliphatic rings. The van der Waals surface area contributed by atoms with Crippen LogP contribution in [0, 0.1) is 11.8 Å². The highest BCUT2D eigenvalue weighted by atomic mass is 32.2. The zero-order chi connectivity index (χ0) is 23.8. The van der Waals surface area contributed by atoms with Crippen molar-refractivity contribution in [3.63, 3.8) is 0 Å². The Bertz CT molecular complexity index is 1190. The fourth-order valence-corrected chi connectivity index (χ4v) is 3.81. The summed E-state index contributed by atoms with van der Waals surface area (Å²) >= 11 is 1.43. The largest absolute Gasteiger partial charge is 0.467 e. The van der Waals surface area contributed by atoms with E-state index in [4.69, 9.17) is 10.2 Å². The normalized spacial score (nSPS) is 14.8. The lowest BCUT2D eigenvalue weighted by molar-refractivity contribution is -0.139. The van der Waals surface area contributed by atoms with Crippen LogP contribution >= 0.6 is 11.8 Å². The molecule has 0 fully saturated rings. The number of esters is 1. The van der Waals surface area contributed by atoms with Gasteiger partial charge in [-0.3, -0.25) is 0 Å². The molecule has 0 spiro atoms. The van der Waals surface area contributed by atoms with Gasteiger partial charge >= 0.3 is 12.1 Å². The van der Waals surface area contributed by atoms with Crippen LogP contribution in [0.15, 0.2) is 77.2 Å². The van der Waals surface area contributed by atoms with Crippen LogP contribution in [0.1, 0.15) is 16.9 Å². The van der Waals surface area contributed by atoms with Crippen molar-refractivity contribution in [2.24, 2.45) is 5.73 Å². The number of rotatable bonds is 4. The van der Waals surface area contributed by atoms with E-state index in [0.717, 1.165) is 22.6 Å². The average Bonchev–Trinajstić information content (AvgIpc) is 3.34. The summed E-state index contributed by atoms with van der Waals surface area (Å²) in [5.41, 5.74) is 6.14. The van der Waals surface area contributed by atoms with Crippen LogP contribution in [0.5, 0.6) is 0 Å². The predicted molar refractivity (Wildman–Crippen MR) is 123 cm³/mol. The Morgan fingerprint density at radius 3 is 2.45 bits per heavy atom. The molecule has 2 aromatic carbocycles. The number of carbonyl (C=O) groups is 1. The summed E-state index contributed by atoms with van der Waals surface area (Å²) in [4.78, 5) is 12.4. The molecule has 3 aromatic rings. The quantitative estimate of drug-likeness (QED) is 0.388. The summed E-state index contributed by atoms with van der Waals surface area (Å²) in [5.74, 6) is 6.33. The number of carbonyl (C=O) groups excluding carboxylic acids is 1. The lowest BCUT2D eigenvalue weighted by Gasteiger charge is -2.13. The first-order valence-corrected chi connectivity index (χ1v) is 10.7. The van der Waals surface area contributed by atoms with Gasteiger partial charge in [-0.25, -0.2) is 4.79 Å². The molecular formula is C25H20F3NO3S. The summed E-state index contributed by atoms with van der Waals surface area (Å²) in [5, 5.41) is -0.412.